The summed E-state index contributed by atoms with van der Waals surface area (Å²) in [5.74, 6) is -0.330. The summed E-state index contributed by atoms with van der Waals surface area (Å²) >= 11 is 7.67. The van der Waals surface area contributed by atoms with E-state index in [4.69, 9.17) is 17.3 Å². The molecule has 0 saturated carbocycles. The topological polar surface area (TPSA) is 55.1 Å². The second kappa shape index (κ2) is 5.85. The average Bonchev–Trinajstić information content (AvgIpc) is 2.82. The Balaban J connectivity index is 2.06. The molecule has 0 radical (unpaired) electrons. The number of nitrogens with two attached hydrogens (primary N) is 1. The number of primary amides is 1. The summed E-state index contributed by atoms with van der Waals surface area (Å²) in [6, 6.07) is 9.62. The van der Waals surface area contributed by atoms with Crippen LogP contribution in [0.25, 0.3) is 0 Å². The fourth-order valence-electron chi connectivity index (χ4n) is 1.78. The number of hydrogen-bond acceptors (Lipinski definition) is 3. The summed E-state index contributed by atoms with van der Waals surface area (Å²) in [4.78, 5) is 12.5. The Kier molecular flexibility index (Phi) is 4.35. The van der Waals surface area contributed by atoms with Crippen LogP contribution >= 0.6 is 22.9 Å². The number of benzene rings is 1. The lowest BCUT2D eigenvalue weighted by molar-refractivity contribution is -0.122. The summed E-state index contributed by atoms with van der Waals surface area (Å²) in [6.45, 7) is 4.33. The number of thiophene rings is 1. The molecule has 1 amide bonds. The van der Waals surface area contributed by atoms with Crippen molar-refractivity contribution in [3.05, 3.63) is 51.2 Å². The van der Waals surface area contributed by atoms with E-state index >= 15 is 0 Å². The monoisotopic (exact) mass is 308 g/mol. The van der Waals surface area contributed by atoms with Crippen molar-refractivity contribution in [3.63, 3.8) is 0 Å². The van der Waals surface area contributed by atoms with E-state index < -0.39 is 5.41 Å². The van der Waals surface area contributed by atoms with Crippen LogP contribution in [0.4, 0.5) is 5.69 Å². The lowest BCUT2D eigenvalue weighted by Gasteiger charge is -2.21. The smallest absolute Gasteiger partial charge is 0.227 e. The van der Waals surface area contributed by atoms with Gasteiger partial charge in [0.05, 0.1) is 17.0 Å². The average molecular weight is 309 g/mol. The molecule has 0 aliphatic carbocycles. The number of hydrogen-bond donors (Lipinski definition) is 2. The highest BCUT2D eigenvalue weighted by Gasteiger charge is 2.26. The zero-order valence-electron chi connectivity index (χ0n) is 11.4. The van der Waals surface area contributed by atoms with Crippen molar-refractivity contribution < 1.29 is 4.79 Å². The molecule has 0 aliphatic heterocycles. The van der Waals surface area contributed by atoms with Crippen molar-refractivity contribution in [2.24, 2.45) is 5.73 Å². The van der Waals surface area contributed by atoms with E-state index in [2.05, 4.69) is 5.32 Å². The van der Waals surface area contributed by atoms with Crippen molar-refractivity contribution in [1.29, 1.82) is 0 Å². The van der Waals surface area contributed by atoms with Crippen LogP contribution in [0.5, 0.6) is 0 Å². The molecule has 1 heterocycles. The summed E-state index contributed by atoms with van der Waals surface area (Å²) in [5, 5.41) is 6.06. The minimum atomic E-state index is -0.657. The van der Waals surface area contributed by atoms with Crippen molar-refractivity contribution in [2.75, 3.05) is 5.32 Å². The predicted molar refractivity (Wildman–Crippen MR) is 85.3 cm³/mol. The highest BCUT2D eigenvalue weighted by molar-refractivity contribution is 7.10. The van der Waals surface area contributed by atoms with Gasteiger partial charge in [0, 0.05) is 10.6 Å². The number of carbonyl (C=O) groups excluding carboxylic acids is 1. The van der Waals surface area contributed by atoms with Crippen molar-refractivity contribution >= 4 is 34.5 Å². The number of anilines is 1. The maximum absolute atomic E-state index is 11.4. The third-order valence-electron chi connectivity index (χ3n) is 3.37. The Bertz CT molecular complexity index is 605. The lowest BCUT2D eigenvalue weighted by Crippen LogP contribution is -2.35. The molecule has 0 bridgehead atoms. The molecule has 0 saturated heterocycles. The zero-order chi connectivity index (χ0) is 14.8. The number of amides is 1. The van der Waals surface area contributed by atoms with Crippen LogP contribution in [0.15, 0.2) is 35.7 Å². The number of halogens is 1. The van der Waals surface area contributed by atoms with E-state index in [1.807, 2.05) is 49.6 Å². The van der Waals surface area contributed by atoms with Crippen molar-refractivity contribution in [3.8, 4) is 0 Å². The van der Waals surface area contributed by atoms with Crippen LogP contribution in [0, 0.1) is 0 Å². The first kappa shape index (κ1) is 14.9. The molecule has 0 aliphatic rings. The van der Waals surface area contributed by atoms with Gasteiger partial charge in [0.25, 0.3) is 0 Å². The van der Waals surface area contributed by atoms with Crippen LogP contribution < -0.4 is 11.1 Å². The van der Waals surface area contributed by atoms with E-state index in [9.17, 15) is 4.79 Å². The molecule has 106 valence electrons. The van der Waals surface area contributed by atoms with Gasteiger partial charge in [-0.25, -0.2) is 0 Å². The summed E-state index contributed by atoms with van der Waals surface area (Å²) in [7, 11) is 0. The van der Waals surface area contributed by atoms with Gasteiger partial charge in [-0.2, -0.15) is 0 Å². The SMILES string of the molecule is CC(C)(C(N)=O)c1ccc(NCc2sccc2Cl)cc1. The molecule has 3 nitrogen and oxygen atoms in total. The largest absolute Gasteiger partial charge is 0.380 e. The molecule has 5 heteroatoms. The molecular formula is C15H17ClN2OS. The molecule has 1 aromatic carbocycles. The minimum absolute atomic E-state index is 0.330. The quantitative estimate of drug-likeness (QED) is 0.883. The second-order valence-electron chi connectivity index (χ2n) is 5.11. The molecular weight excluding hydrogens is 292 g/mol. The van der Waals surface area contributed by atoms with Crippen LogP contribution in [0.2, 0.25) is 5.02 Å². The fraction of sp³-hybridized carbons (Fsp3) is 0.267. The number of carbonyl (C=O) groups is 1. The van der Waals surface area contributed by atoms with Crippen LogP contribution in [-0.2, 0) is 16.8 Å². The molecule has 2 aromatic rings. The van der Waals surface area contributed by atoms with E-state index in [-0.39, 0.29) is 5.91 Å². The van der Waals surface area contributed by atoms with Gasteiger partial charge >= 0.3 is 0 Å². The summed E-state index contributed by atoms with van der Waals surface area (Å²) in [5.41, 5.74) is 6.65. The van der Waals surface area contributed by atoms with Gasteiger partial charge in [-0.3, -0.25) is 4.79 Å². The Morgan fingerprint density at radius 1 is 1.30 bits per heavy atom. The normalized spacial score (nSPS) is 11.3. The molecule has 0 fully saturated rings. The molecule has 0 atom stereocenters. The third-order valence-corrected chi connectivity index (χ3v) is 4.75. The van der Waals surface area contributed by atoms with Crippen molar-refractivity contribution in [2.45, 2.75) is 25.8 Å². The van der Waals surface area contributed by atoms with Crippen LogP contribution in [0.1, 0.15) is 24.3 Å². The maximum atomic E-state index is 11.4. The summed E-state index contributed by atoms with van der Waals surface area (Å²) in [6.07, 6.45) is 0. The maximum Gasteiger partial charge on any atom is 0.227 e. The van der Waals surface area contributed by atoms with E-state index in [0.717, 1.165) is 21.2 Å². The first-order valence-corrected chi connectivity index (χ1v) is 7.53. The Hall–Kier alpha value is -1.52. The van der Waals surface area contributed by atoms with E-state index in [1.54, 1.807) is 11.3 Å². The van der Waals surface area contributed by atoms with Gasteiger partial charge in [-0.05, 0) is 43.0 Å². The van der Waals surface area contributed by atoms with Gasteiger partial charge in [0.2, 0.25) is 5.91 Å². The summed E-state index contributed by atoms with van der Waals surface area (Å²) < 4.78 is 0. The molecule has 0 spiro atoms. The Labute approximate surface area is 127 Å². The third kappa shape index (κ3) is 3.14. The van der Waals surface area contributed by atoms with E-state index in [0.29, 0.717) is 6.54 Å². The van der Waals surface area contributed by atoms with Gasteiger partial charge in [-0.15, -0.1) is 11.3 Å². The van der Waals surface area contributed by atoms with Gasteiger partial charge < -0.3 is 11.1 Å². The first-order chi connectivity index (χ1) is 9.41. The highest BCUT2D eigenvalue weighted by atomic mass is 35.5. The number of nitrogens with one attached hydrogen (secondary N) is 1. The van der Waals surface area contributed by atoms with Gasteiger partial charge in [0.1, 0.15) is 0 Å². The standard InChI is InChI=1S/C15H17ClN2OS/c1-15(2,14(17)19)10-3-5-11(6-4-10)18-9-13-12(16)7-8-20-13/h3-8,18H,9H2,1-2H3,(H2,17,19). The fourth-order valence-corrected chi connectivity index (χ4v) is 2.82. The molecule has 1 aromatic heterocycles. The predicted octanol–water partition coefficient (Wildman–Crippen LogP) is 3.78. The second-order valence-corrected chi connectivity index (χ2v) is 6.52. The van der Waals surface area contributed by atoms with Gasteiger partial charge in [-0.1, -0.05) is 23.7 Å². The van der Waals surface area contributed by atoms with Crippen LogP contribution in [-0.4, -0.2) is 5.91 Å². The molecule has 20 heavy (non-hydrogen) atoms. The van der Waals surface area contributed by atoms with Gasteiger partial charge in [0.15, 0.2) is 0 Å². The van der Waals surface area contributed by atoms with Crippen molar-refractivity contribution in [1.82, 2.24) is 0 Å². The zero-order valence-corrected chi connectivity index (χ0v) is 13.0. The molecule has 3 N–H and O–H groups in total. The Morgan fingerprint density at radius 2 is 1.95 bits per heavy atom. The Morgan fingerprint density at radius 3 is 2.45 bits per heavy atom. The first-order valence-electron chi connectivity index (χ1n) is 6.27. The van der Waals surface area contributed by atoms with Crippen LogP contribution in [0.3, 0.4) is 0 Å². The lowest BCUT2D eigenvalue weighted by atomic mass is 9.84. The number of rotatable bonds is 5. The molecule has 0 unspecified atom stereocenters. The minimum Gasteiger partial charge on any atom is -0.380 e. The van der Waals surface area contributed by atoms with E-state index in [1.165, 1.54) is 0 Å². The molecule has 2 rings (SSSR count). The highest BCUT2D eigenvalue weighted by Crippen LogP contribution is 2.26.